The quantitative estimate of drug-likeness (QED) is 0.386. The van der Waals surface area contributed by atoms with Crippen LogP contribution in [-0.4, -0.2) is 23.1 Å². The highest BCUT2D eigenvalue weighted by Gasteiger charge is 2.44. The number of nitrogens with zero attached hydrogens (tertiary/aromatic N) is 1. The molecule has 1 saturated carbocycles. The van der Waals surface area contributed by atoms with Gasteiger partial charge in [0.05, 0.1) is 5.92 Å². The van der Waals surface area contributed by atoms with Gasteiger partial charge >= 0.3 is 5.97 Å². The lowest BCUT2D eigenvalue weighted by Gasteiger charge is -2.06. The third kappa shape index (κ3) is 1.88. The summed E-state index contributed by atoms with van der Waals surface area (Å²) in [6, 6.07) is 0. The number of hydrogen-bond donors (Lipinski definition) is 3. The van der Waals surface area contributed by atoms with Gasteiger partial charge in [0.15, 0.2) is 0 Å². The summed E-state index contributed by atoms with van der Waals surface area (Å²) in [6.07, 6.45) is 2.18. The fourth-order valence-electron chi connectivity index (χ4n) is 1.17. The summed E-state index contributed by atoms with van der Waals surface area (Å²) in [7, 11) is 1.64. The van der Waals surface area contributed by atoms with Gasteiger partial charge in [-0.2, -0.15) is 0 Å². The van der Waals surface area contributed by atoms with Gasteiger partial charge in [-0.1, -0.05) is 0 Å². The molecule has 0 radical (unpaired) electrons. The molecule has 5 N–H and O–H groups in total. The molecule has 0 amide bonds. The normalized spacial score (nSPS) is 28.3. The van der Waals surface area contributed by atoms with Crippen LogP contribution < -0.4 is 11.6 Å². The number of rotatable bonds is 3. The van der Waals surface area contributed by atoms with Crippen molar-refractivity contribution in [2.75, 3.05) is 7.05 Å². The van der Waals surface area contributed by atoms with Gasteiger partial charge in [0.25, 0.3) is 0 Å². The lowest BCUT2D eigenvalue weighted by atomic mass is 10.2. The van der Waals surface area contributed by atoms with Gasteiger partial charge < -0.3 is 15.8 Å². The van der Waals surface area contributed by atoms with Gasteiger partial charge in [0, 0.05) is 24.9 Å². The average molecular weight is 171 g/mol. The molecule has 2 unspecified atom stereocenters. The number of hydrogen-bond acceptors (Lipinski definition) is 4. The van der Waals surface area contributed by atoms with Gasteiger partial charge in [-0.05, 0) is 6.42 Å². The SMILES string of the molecule is CN(N)/C=C(\N)C1CC1C(=O)O. The Balaban J connectivity index is 2.48. The van der Waals surface area contributed by atoms with Crippen molar-refractivity contribution in [3.8, 4) is 0 Å². The van der Waals surface area contributed by atoms with Crippen LogP contribution in [0.25, 0.3) is 0 Å². The molecule has 0 heterocycles. The number of allylic oxidation sites excluding steroid dienone is 1. The molecule has 2 atom stereocenters. The van der Waals surface area contributed by atoms with E-state index in [4.69, 9.17) is 16.7 Å². The molecule has 1 aliphatic rings. The van der Waals surface area contributed by atoms with Crippen LogP contribution in [0.2, 0.25) is 0 Å². The summed E-state index contributed by atoms with van der Waals surface area (Å²) < 4.78 is 0. The highest BCUT2D eigenvalue weighted by molar-refractivity contribution is 5.74. The van der Waals surface area contributed by atoms with Crippen LogP contribution in [0.4, 0.5) is 0 Å². The molecule has 1 aliphatic carbocycles. The smallest absolute Gasteiger partial charge is 0.307 e. The van der Waals surface area contributed by atoms with E-state index in [1.165, 1.54) is 5.01 Å². The van der Waals surface area contributed by atoms with Crippen molar-refractivity contribution in [1.29, 1.82) is 0 Å². The van der Waals surface area contributed by atoms with Crippen molar-refractivity contribution in [3.63, 3.8) is 0 Å². The number of carbonyl (C=O) groups is 1. The zero-order valence-electron chi connectivity index (χ0n) is 6.90. The number of carboxylic acid groups (broad SMARTS) is 1. The van der Waals surface area contributed by atoms with E-state index < -0.39 is 5.97 Å². The summed E-state index contributed by atoms with van der Waals surface area (Å²) >= 11 is 0. The molecule has 12 heavy (non-hydrogen) atoms. The minimum atomic E-state index is -0.781. The fraction of sp³-hybridized carbons (Fsp3) is 0.571. The maximum absolute atomic E-state index is 10.4. The molecule has 1 rings (SSSR count). The Kier molecular flexibility index (Phi) is 2.23. The standard InChI is InChI=1S/C7H13N3O2/c1-10(9)3-6(8)4-2-5(4)7(11)12/h3-5H,2,8-9H2,1H3,(H,11,12)/b6-3-. The lowest BCUT2D eigenvalue weighted by molar-refractivity contribution is -0.138. The van der Waals surface area contributed by atoms with E-state index in [2.05, 4.69) is 0 Å². The molecule has 0 aromatic rings. The van der Waals surface area contributed by atoms with Crippen LogP contribution >= 0.6 is 0 Å². The van der Waals surface area contributed by atoms with E-state index in [0.29, 0.717) is 12.1 Å². The first-order valence-electron chi connectivity index (χ1n) is 3.70. The number of nitrogens with two attached hydrogens (primary N) is 2. The minimum absolute atomic E-state index is 0.0199. The average Bonchev–Trinajstić information content (AvgIpc) is 2.61. The molecule has 0 saturated heterocycles. The predicted molar refractivity (Wildman–Crippen MR) is 43.5 cm³/mol. The van der Waals surface area contributed by atoms with Crippen LogP contribution in [0, 0.1) is 11.8 Å². The van der Waals surface area contributed by atoms with Gasteiger partial charge in [-0.3, -0.25) is 4.79 Å². The topological polar surface area (TPSA) is 92.6 Å². The van der Waals surface area contributed by atoms with Gasteiger partial charge in [-0.15, -0.1) is 0 Å². The Morgan fingerprint density at radius 3 is 2.58 bits per heavy atom. The van der Waals surface area contributed by atoms with E-state index in [-0.39, 0.29) is 11.8 Å². The first-order chi connectivity index (χ1) is 5.52. The van der Waals surface area contributed by atoms with Crippen molar-refractivity contribution >= 4 is 5.97 Å². The molecule has 0 bridgehead atoms. The number of hydrazine groups is 1. The molecule has 0 aromatic heterocycles. The fourth-order valence-corrected chi connectivity index (χ4v) is 1.17. The van der Waals surface area contributed by atoms with E-state index in [1.807, 2.05) is 0 Å². The molecule has 5 heteroatoms. The van der Waals surface area contributed by atoms with Crippen molar-refractivity contribution in [2.45, 2.75) is 6.42 Å². The van der Waals surface area contributed by atoms with Crippen molar-refractivity contribution in [3.05, 3.63) is 11.9 Å². The van der Waals surface area contributed by atoms with Crippen LogP contribution in [-0.2, 0) is 4.79 Å². The van der Waals surface area contributed by atoms with Crippen molar-refractivity contribution in [2.24, 2.45) is 23.4 Å². The van der Waals surface area contributed by atoms with E-state index >= 15 is 0 Å². The number of carboxylic acids is 1. The molecule has 68 valence electrons. The summed E-state index contributed by atoms with van der Waals surface area (Å²) in [5.74, 6) is 4.20. The maximum atomic E-state index is 10.4. The first kappa shape index (κ1) is 8.86. The highest BCUT2D eigenvalue weighted by atomic mass is 16.4. The van der Waals surface area contributed by atoms with Crippen LogP contribution in [0.1, 0.15) is 6.42 Å². The Morgan fingerprint density at radius 2 is 2.25 bits per heavy atom. The second-order valence-electron chi connectivity index (χ2n) is 3.08. The van der Waals surface area contributed by atoms with E-state index in [1.54, 1.807) is 13.2 Å². The molecule has 1 fully saturated rings. The minimum Gasteiger partial charge on any atom is -0.481 e. The van der Waals surface area contributed by atoms with Crippen LogP contribution in [0.3, 0.4) is 0 Å². The van der Waals surface area contributed by atoms with Gasteiger partial charge in [0.2, 0.25) is 0 Å². The third-order valence-electron chi connectivity index (χ3n) is 1.89. The Hall–Kier alpha value is -1.23. The van der Waals surface area contributed by atoms with E-state index in [0.717, 1.165) is 0 Å². The van der Waals surface area contributed by atoms with Gasteiger partial charge in [0.1, 0.15) is 0 Å². The Morgan fingerprint density at radius 1 is 1.67 bits per heavy atom. The zero-order valence-corrected chi connectivity index (χ0v) is 6.90. The predicted octanol–water partition coefficient (Wildman–Crippen LogP) is -0.687. The van der Waals surface area contributed by atoms with Crippen molar-refractivity contribution < 1.29 is 9.90 Å². The molecule has 0 aromatic carbocycles. The van der Waals surface area contributed by atoms with E-state index in [9.17, 15) is 4.79 Å². The first-order valence-corrected chi connectivity index (χ1v) is 3.70. The molecule has 5 nitrogen and oxygen atoms in total. The summed E-state index contributed by atoms with van der Waals surface area (Å²) in [5.41, 5.74) is 6.13. The summed E-state index contributed by atoms with van der Waals surface area (Å²) in [4.78, 5) is 10.4. The number of aliphatic carboxylic acids is 1. The van der Waals surface area contributed by atoms with Crippen LogP contribution in [0.15, 0.2) is 11.9 Å². The largest absolute Gasteiger partial charge is 0.481 e. The maximum Gasteiger partial charge on any atom is 0.307 e. The third-order valence-corrected chi connectivity index (χ3v) is 1.89. The zero-order chi connectivity index (χ0) is 9.30. The second kappa shape index (κ2) is 3.02. The van der Waals surface area contributed by atoms with Crippen LogP contribution in [0.5, 0.6) is 0 Å². The van der Waals surface area contributed by atoms with Crippen molar-refractivity contribution in [1.82, 2.24) is 5.01 Å². The monoisotopic (exact) mass is 171 g/mol. The molecular formula is C7H13N3O2. The summed E-state index contributed by atoms with van der Waals surface area (Å²) in [5, 5.41) is 9.90. The Bertz CT molecular complexity index is 225. The molecular weight excluding hydrogens is 158 g/mol. The van der Waals surface area contributed by atoms with Gasteiger partial charge in [-0.25, -0.2) is 5.84 Å². The molecule has 0 spiro atoms. The Labute approximate surface area is 70.6 Å². The summed E-state index contributed by atoms with van der Waals surface area (Å²) in [6.45, 7) is 0. The lowest BCUT2D eigenvalue weighted by Crippen LogP contribution is -2.21. The second-order valence-corrected chi connectivity index (χ2v) is 3.08. The molecule has 0 aliphatic heterocycles. The highest BCUT2D eigenvalue weighted by Crippen LogP contribution is 2.42.